The number of esters is 6. The number of ether oxygens (including phenoxy) is 8. The smallest absolute Gasteiger partial charge is 0.343 e. The van der Waals surface area contributed by atoms with E-state index in [9.17, 15) is 28.8 Å². The predicted octanol–water partition coefficient (Wildman–Crippen LogP) is 7.48. The summed E-state index contributed by atoms with van der Waals surface area (Å²) in [6.45, 7) is 12.4. The van der Waals surface area contributed by atoms with Crippen molar-refractivity contribution in [3.8, 4) is 23.0 Å². The van der Waals surface area contributed by atoms with Crippen LogP contribution >= 0.6 is 0 Å². The molecule has 2 aliphatic rings. The first kappa shape index (κ1) is 48.5. The summed E-state index contributed by atoms with van der Waals surface area (Å²) in [5, 5.41) is 9.05. The quantitative estimate of drug-likeness (QED) is 0.0188. The highest BCUT2D eigenvalue weighted by Crippen LogP contribution is 2.39. The summed E-state index contributed by atoms with van der Waals surface area (Å²) in [6.07, 6.45) is 9.20. The van der Waals surface area contributed by atoms with Gasteiger partial charge in [-0.1, -0.05) is 62.7 Å². The van der Waals surface area contributed by atoms with Gasteiger partial charge < -0.3 is 37.9 Å². The van der Waals surface area contributed by atoms with E-state index in [1.165, 1.54) is 72.9 Å². The van der Waals surface area contributed by atoms with Crippen LogP contribution in [0.1, 0.15) is 50.2 Å². The van der Waals surface area contributed by atoms with E-state index in [4.69, 9.17) is 37.9 Å². The van der Waals surface area contributed by atoms with E-state index in [-0.39, 0.29) is 54.6 Å². The normalized spacial score (nSPS) is 13.7. The molecule has 0 amide bonds. The molecule has 0 saturated heterocycles. The average Bonchev–Trinajstić information content (AvgIpc) is 3.69. The zero-order chi connectivity index (χ0) is 48.4. The Morgan fingerprint density at radius 3 is 1.65 bits per heavy atom. The Kier molecular flexibility index (Phi) is 17.0. The van der Waals surface area contributed by atoms with E-state index in [2.05, 4.69) is 48.7 Å². The third kappa shape index (κ3) is 13.3. The molecule has 2 unspecified atom stereocenters. The van der Waals surface area contributed by atoms with E-state index in [1.54, 1.807) is 0 Å². The molecule has 0 aromatic heterocycles. The van der Waals surface area contributed by atoms with Crippen LogP contribution in [-0.2, 0) is 38.1 Å². The maximum absolute atomic E-state index is 13.5. The lowest BCUT2D eigenvalue weighted by molar-refractivity contribution is -0.154. The van der Waals surface area contributed by atoms with Gasteiger partial charge in [0.05, 0.1) is 23.1 Å². The van der Waals surface area contributed by atoms with Crippen molar-refractivity contribution in [2.75, 3.05) is 26.4 Å². The minimum Gasteiger partial charge on any atom is -0.490 e. The number of nitrogens with zero attached hydrogens (tertiary/aromatic N) is 2. The first-order chi connectivity index (χ1) is 33.0. The lowest BCUT2D eigenvalue weighted by atomic mass is 9.97. The lowest BCUT2D eigenvalue weighted by Gasteiger charge is -2.17. The number of hydrogen-bond donors (Lipinski definition) is 0. The minimum atomic E-state index is -0.964. The van der Waals surface area contributed by atoms with Crippen molar-refractivity contribution in [2.45, 2.75) is 25.0 Å². The van der Waals surface area contributed by atoms with Gasteiger partial charge in [0, 0.05) is 35.4 Å². The van der Waals surface area contributed by atoms with Gasteiger partial charge in [0.1, 0.15) is 49.4 Å². The van der Waals surface area contributed by atoms with Gasteiger partial charge in [-0.05, 0) is 96.3 Å². The monoisotopic (exact) mass is 920 g/mol. The molecule has 6 rings (SSSR count). The number of allylic oxidation sites excluding steroid dienone is 4. The number of rotatable bonds is 22. The third-order valence-corrected chi connectivity index (χ3v) is 9.78. The molecule has 0 heterocycles. The van der Waals surface area contributed by atoms with E-state index in [1.807, 2.05) is 24.3 Å². The molecular weight excluding hydrogens is 877 g/mol. The largest absolute Gasteiger partial charge is 0.490 e. The molecule has 4 aromatic rings. The Labute approximate surface area is 390 Å². The fourth-order valence-corrected chi connectivity index (χ4v) is 6.50. The van der Waals surface area contributed by atoms with Gasteiger partial charge in [0.25, 0.3) is 0 Å². The molecule has 0 fully saturated rings. The number of carbonyl (C=O) groups is 6. The maximum atomic E-state index is 13.5. The van der Waals surface area contributed by atoms with E-state index < -0.39 is 48.0 Å². The van der Waals surface area contributed by atoms with Crippen LogP contribution in [0.25, 0.3) is 5.57 Å². The van der Waals surface area contributed by atoms with Crippen LogP contribution in [-0.4, -0.2) is 86.4 Å². The van der Waals surface area contributed by atoms with Crippen molar-refractivity contribution >= 4 is 53.3 Å². The van der Waals surface area contributed by atoms with Crippen LogP contribution in [0.3, 0.4) is 0 Å². The summed E-state index contributed by atoms with van der Waals surface area (Å²) in [5.74, 6) is -3.58. The van der Waals surface area contributed by atoms with E-state index >= 15 is 0 Å². The predicted molar refractivity (Wildman–Crippen MR) is 249 cm³/mol. The second-order valence-corrected chi connectivity index (χ2v) is 14.4. The van der Waals surface area contributed by atoms with Crippen LogP contribution in [0.15, 0.2) is 170 Å². The van der Waals surface area contributed by atoms with Crippen LogP contribution in [0.4, 0.5) is 0 Å². The van der Waals surface area contributed by atoms with Crippen LogP contribution in [0, 0.1) is 0 Å². The summed E-state index contributed by atoms with van der Waals surface area (Å²) in [5.41, 5.74) is 5.44. The molecule has 346 valence electrons. The maximum Gasteiger partial charge on any atom is 0.343 e. The van der Waals surface area contributed by atoms with Gasteiger partial charge in [-0.25, -0.2) is 28.8 Å². The number of fused-ring (bicyclic) bond motifs is 2. The zero-order valence-electron chi connectivity index (χ0n) is 36.5. The van der Waals surface area contributed by atoms with Gasteiger partial charge in [0.15, 0.2) is 12.2 Å². The fraction of sp³-hybridized carbons (Fsp3) is 0.154. The number of carbonyl (C=O) groups excluding carboxylic acids is 6. The Morgan fingerprint density at radius 1 is 0.588 bits per heavy atom. The summed E-state index contributed by atoms with van der Waals surface area (Å²) in [7, 11) is 0. The average molecular weight is 921 g/mol. The summed E-state index contributed by atoms with van der Waals surface area (Å²) in [6, 6.07) is 24.2. The second kappa shape index (κ2) is 23.8. The third-order valence-electron chi connectivity index (χ3n) is 9.78. The first-order valence-corrected chi connectivity index (χ1v) is 20.9. The summed E-state index contributed by atoms with van der Waals surface area (Å²) < 4.78 is 43.4. The van der Waals surface area contributed by atoms with Crippen molar-refractivity contribution in [1.82, 2.24) is 0 Å². The van der Waals surface area contributed by atoms with Gasteiger partial charge in [-0.3, -0.25) is 0 Å². The summed E-state index contributed by atoms with van der Waals surface area (Å²) in [4.78, 5) is 73.6. The molecule has 0 bridgehead atoms. The zero-order valence-corrected chi connectivity index (χ0v) is 36.5. The molecular formula is C52H44N2O14. The first-order valence-electron chi connectivity index (χ1n) is 20.9. The Balaban J connectivity index is 1.18. The van der Waals surface area contributed by atoms with E-state index in [0.29, 0.717) is 11.5 Å². The second-order valence-electron chi connectivity index (χ2n) is 14.4. The highest BCUT2D eigenvalue weighted by molar-refractivity contribution is 6.25. The van der Waals surface area contributed by atoms with Crippen molar-refractivity contribution in [3.05, 3.63) is 187 Å². The molecule has 2 atom stereocenters. The Bertz CT molecular complexity index is 2730. The van der Waals surface area contributed by atoms with Crippen molar-refractivity contribution in [3.63, 3.8) is 0 Å². The molecule has 0 radical (unpaired) electrons. The van der Waals surface area contributed by atoms with E-state index in [0.717, 1.165) is 65.1 Å². The topological polar surface area (TPSA) is 201 Å². The van der Waals surface area contributed by atoms with Gasteiger partial charge in [0.2, 0.25) is 0 Å². The molecule has 2 aliphatic carbocycles. The molecule has 0 aliphatic heterocycles. The number of benzene rings is 4. The van der Waals surface area contributed by atoms with Crippen LogP contribution in [0.2, 0.25) is 0 Å². The highest BCUT2D eigenvalue weighted by atomic mass is 16.6. The minimum absolute atomic E-state index is 0.0742. The van der Waals surface area contributed by atoms with Gasteiger partial charge in [-0.15, -0.1) is 0 Å². The molecule has 0 spiro atoms. The summed E-state index contributed by atoms with van der Waals surface area (Å²) >= 11 is 0. The molecule has 4 aromatic carbocycles. The number of hydrogen-bond acceptors (Lipinski definition) is 16. The molecule has 0 saturated carbocycles. The Morgan fingerprint density at radius 2 is 1.10 bits per heavy atom. The van der Waals surface area contributed by atoms with Crippen molar-refractivity contribution < 1.29 is 66.7 Å². The molecule has 68 heavy (non-hydrogen) atoms. The molecule has 16 heteroatoms. The molecule has 16 nitrogen and oxygen atoms in total. The van der Waals surface area contributed by atoms with Crippen molar-refractivity contribution in [1.29, 1.82) is 0 Å². The van der Waals surface area contributed by atoms with Gasteiger partial charge in [-0.2, -0.15) is 10.2 Å². The SMILES string of the molecule is C=CC(=O)OCC(COc1ccc(C(=O)Oc2ccc(OC(=O)c3ccc(OCC(COC(=O)C=C)OC(=O)C=C)cc3)c(/C=N/N=C3/C4=C(C=CCC4)c4ccccc43)c2)cc1)OC(=O)C=C. The van der Waals surface area contributed by atoms with Crippen LogP contribution < -0.4 is 18.9 Å². The lowest BCUT2D eigenvalue weighted by Crippen LogP contribution is -2.30. The molecule has 0 N–H and O–H groups in total. The standard InChI is InChI=1S/C52H44N2O14/c1-5-46(55)63-31-39(65-48(57)7-3)29-61-36-21-17-33(18-22-36)51(59)67-38-25-26-45(35(27-38)28-53-54-50-43-15-11-9-13-41(43)42-14-10-12-16-44(42)50)68-52(60)34-19-23-37(24-20-34)62-30-40(66-49(58)8-4)32-64-47(56)6-2/h5-11,13-15,17-28,39-40H,1-4,12,16,29-32H2/b53-28+,54-50+. The highest BCUT2D eigenvalue weighted by Gasteiger charge is 2.27. The van der Waals surface area contributed by atoms with Crippen LogP contribution in [0.5, 0.6) is 23.0 Å². The van der Waals surface area contributed by atoms with Crippen molar-refractivity contribution in [2.24, 2.45) is 10.2 Å². The van der Waals surface area contributed by atoms with Gasteiger partial charge >= 0.3 is 35.8 Å². The fourth-order valence-electron chi connectivity index (χ4n) is 6.50. The Hall–Kier alpha value is -8.92.